The molecule has 29 heavy (non-hydrogen) atoms. The molecular formula is C21H22N2O6. The van der Waals surface area contributed by atoms with Crippen LogP contribution in [-0.2, 0) is 14.3 Å². The maximum absolute atomic E-state index is 12.0. The summed E-state index contributed by atoms with van der Waals surface area (Å²) in [6, 6.07) is 15.0. The third-order valence-corrected chi connectivity index (χ3v) is 3.89. The number of esters is 1. The average Bonchev–Trinajstić information content (AvgIpc) is 2.76. The van der Waals surface area contributed by atoms with Gasteiger partial charge < -0.3 is 9.47 Å². The smallest absolute Gasteiger partial charge is 0.306 e. The van der Waals surface area contributed by atoms with Crippen LogP contribution >= 0.6 is 0 Å². The Hall–Kier alpha value is -3.68. The molecule has 0 fully saturated rings. The Kier molecular flexibility index (Phi) is 8.37. The molecule has 0 aliphatic rings. The second-order valence-corrected chi connectivity index (χ2v) is 6.04. The first kappa shape index (κ1) is 21.6. The van der Waals surface area contributed by atoms with Gasteiger partial charge in [0.05, 0.1) is 7.11 Å². The predicted octanol–water partition coefficient (Wildman–Crippen LogP) is 2.05. The van der Waals surface area contributed by atoms with Crippen molar-refractivity contribution in [3.05, 3.63) is 65.7 Å². The molecule has 0 aliphatic carbocycles. The number of rotatable bonds is 9. The molecule has 0 aliphatic heterocycles. The highest BCUT2D eigenvalue weighted by Gasteiger charge is 2.12. The summed E-state index contributed by atoms with van der Waals surface area (Å²) in [5, 5.41) is 0. The molecule has 8 nitrogen and oxygen atoms in total. The quantitative estimate of drug-likeness (QED) is 0.380. The van der Waals surface area contributed by atoms with Gasteiger partial charge in [-0.3, -0.25) is 30.0 Å². The Morgan fingerprint density at radius 3 is 2.31 bits per heavy atom. The number of hydrogen-bond donors (Lipinski definition) is 2. The number of methoxy groups -OCH3 is 1. The summed E-state index contributed by atoms with van der Waals surface area (Å²) in [6.45, 7) is -0.384. The van der Waals surface area contributed by atoms with E-state index in [4.69, 9.17) is 9.47 Å². The Balaban J connectivity index is 1.63. The van der Waals surface area contributed by atoms with Gasteiger partial charge >= 0.3 is 5.97 Å². The molecule has 2 rings (SSSR count). The molecule has 0 atom stereocenters. The van der Waals surface area contributed by atoms with Crippen molar-refractivity contribution in [3.63, 3.8) is 0 Å². The number of carbonyl (C=O) groups excluding carboxylic acids is 4. The molecule has 2 amide bonds. The first-order valence-corrected chi connectivity index (χ1v) is 8.96. The highest BCUT2D eigenvalue weighted by molar-refractivity contribution is 5.98. The summed E-state index contributed by atoms with van der Waals surface area (Å²) in [5.74, 6) is -1.27. The van der Waals surface area contributed by atoms with E-state index >= 15 is 0 Å². The van der Waals surface area contributed by atoms with E-state index < -0.39 is 17.8 Å². The van der Waals surface area contributed by atoms with Crippen LogP contribution in [0.25, 0.3) is 0 Å². The van der Waals surface area contributed by atoms with Crippen molar-refractivity contribution in [2.45, 2.75) is 19.3 Å². The van der Waals surface area contributed by atoms with Gasteiger partial charge in [0.1, 0.15) is 5.75 Å². The van der Waals surface area contributed by atoms with Crippen molar-refractivity contribution in [2.75, 3.05) is 13.7 Å². The minimum atomic E-state index is -0.581. The molecule has 2 aromatic carbocycles. The maximum Gasteiger partial charge on any atom is 0.306 e. The third-order valence-electron chi connectivity index (χ3n) is 3.89. The Labute approximate surface area is 168 Å². The number of hydrazine groups is 1. The van der Waals surface area contributed by atoms with E-state index in [1.165, 1.54) is 7.11 Å². The average molecular weight is 398 g/mol. The van der Waals surface area contributed by atoms with Crippen LogP contribution in [0.3, 0.4) is 0 Å². The summed E-state index contributed by atoms with van der Waals surface area (Å²) < 4.78 is 9.98. The van der Waals surface area contributed by atoms with E-state index in [9.17, 15) is 19.2 Å². The number of hydrogen-bond acceptors (Lipinski definition) is 6. The van der Waals surface area contributed by atoms with Crippen molar-refractivity contribution in [2.24, 2.45) is 0 Å². The lowest BCUT2D eigenvalue weighted by atomic mass is 10.1. The summed E-state index contributed by atoms with van der Waals surface area (Å²) in [4.78, 5) is 47.3. The molecular weight excluding hydrogens is 376 g/mol. The van der Waals surface area contributed by atoms with E-state index in [2.05, 4.69) is 10.9 Å². The first-order chi connectivity index (χ1) is 14.0. The van der Waals surface area contributed by atoms with Crippen molar-refractivity contribution < 1.29 is 28.7 Å². The normalized spacial score (nSPS) is 9.97. The van der Waals surface area contributed by atoms with Crippen LogP contribution in [-0.4, -0.2) is 37.3 Å². The number of carbonyl (C=O) groups is 4. The summed E-state index contributed by atoms with van der Waals surface area (Å²) in [7, 11) is 1.49. The molecule has 0 aromatic heterocycles. The van der Waals surface area contributed by atoms with E-state index in [0.29, 0.717) is 16.9 Å². The van der Waals surface area contributed by atoms with Crippen LogP contribution in [0, 0.1) is 0 Å². The number of ether oxygens (including phenoxy) is 2. The molecule has 0 unspecified atom stereocenters. The largest absolute Gasteiger partial charge is 0.497 e. The number of nitrogens with one attached hydrogen (secondary N) is 2. The van der Waals surface area contributed by atoms with Gasteiger partial charge in [-0.05, 0) is 30.7 Å². The lowest BCUT2D eigenvalue weighted by Crippen LogP contribution is -2.41. The zero-order valence-corrected chi connectivity index (χ0v) is 16.0. The van der Waals surface area contributed by atoms with E-state index in [-0.39, 0.29) is 31.7 Å². The van der Waals surface area contributed by atoms with Gasteiger partial charge in [-0.1, -0.05) is 30.3 Å². The highest BCUT2D eigenvalue weighted by atomic mass is 16.5. The number of amides is 2. The zero-order valence-electron chi connectivity index (χ0n) is 16.0. The fourth-order valence-electron chi connectivity index (χ4n) is 2.34. The van der Waals surface area contributed by atoms with Crippen LogP contribution in [0.4, 0.5) is 0 Å². The zero-order chi connectivity index (χ0) is 21.1. The summed E-state index contributed by atoms with van der Waals surface area (Å²) in [5.41, 5.74) is 5.37. The second kappa shape index (κ2) is 11.2. The maximum atomic E-state index is 12.0. The van der Waals surface area contributed by atoms with Crippen molar-refractivity contribution >= 4 is 23.6 Å². The molecule has 2 N–H and O–H groups in total. The van der Waals surface area contributed by atoms with Gasteiger partial charge in [0.2, 0.25) is 5.91 Å². The summed E-state index contributed by atoms with van der Waals surface area (Å²) >= 11 is 0. The number of benzene rings is 2. The first-order valence-electron chi connectivity index (χ1n) is 8.96. The highest BCUT2D eigenvalue weighted by Crippen LogP contribution is 2.13. The van der Waals surface area contributed by atoms with Crippen LogP contribution in [0.5, 0.6) is 5.75 Å². The van der Waals surface area contributed by atoms with Gasteiger partial charge in [-0.2, -0.15) is 0 Å². The summed E-state index contributed by atoms with van der Waals surface area (Å²) in [6.07, 6.45) is 0.221. The van der Waals surface area contributed by atoms with Crippen LogP contribution < -0.4 is 15.6 Å². The SMILES string of the molecule is COc1cccc(C(=O)COC(=O)CCCC(=O)NNC(=O)c2ccccc2)c1. The molecule has 2 aromatic rings. The van der Waals surface area contributed by atoms with E-state index in [1.54, 1.807) is 54.6 Å². The molecule has 152 valence electrons. The molecule has 0 radical (unpaired) electrons. The molecule has 0 saturated heterocycles. The van der Waals surface area contributed by atoms with Crippen LogP contribution in [0.15, 0.2) is 54.6 Å². The Morgan fingerprint density at radius 1 is 0.862 bits per heavy atom. The van der Waals surface area contributed by atoms with Gasteiger partial charge in [-0.15, -0.1) is 0 Å². The van der Waals surface area contributed by atoms with E-state index in [1.807, 2.05) is 0 Å². The van der Waals surface area contributed by atoms with Crippen molar-refractivity contribution in [1.82, 2.24) is 10.9 Å². The Morgan fingerprint density at radius 2 is 1.59 bits per heavy atom. The predicted molar refractivity (Wildman–Crippen MR) is 104 cm³/mol. The molecule has 0 bridgehead atoms. The topological polar surface area (TPSA) is 111 Å². The van der Waals surface area contributed by atoms with E-state index in [0.717, 1.165) is 0 Å². The lowest BCUT2D eigenvalue weighted by molar-refractivity contribution is -0.142. The number of Topliss-reactive ketones (excluding diaryl/α,β-unsaturated/α-hetero) is 1. The molecule has 0 spiro atoms. The van der Waals surface area contributed by atoms with Gasteiger partial charge in [0.25, 0.3) is 5.91 Å². The van der Waals surface area contributed by atoms with Gasteiger partial charge in [-0.25, -0.2) is 0 Å². The fourth-order valence-corrected chi connectivity index (χ4v) is 2.34. The minimum Gasteiger partial charge on any atom is -0.497 e. The van der Waals surface area contributed by atoms with Crippen LogP contribution in [0.1, 0.15) is 40.0 Å². The molecule has 0 heterocycles. The van der Waals surface area contributed by atoms with Crippen molar-refractivity contribution in [3.8, 4) is 5.75 Å². The van der Waals surface area contributed by atoms with Crippen LogP contribution in [0.2, 0.25) is 0 Å². The minimum absolute atomic E-state index is 0.0218. The lowest BCUT2D eigenvalue weighted by Gasteiger charge is -2.08. The Bertz CT molecular complexity index is 866. The third kappa shape index (κ3) is 7.45. The van der Waals surface area contributed by atoms with Gasteiger partial charge in [0, 0.05) is 24.0 Å². The monoisotopic (exact) mass is 398 g/mol. The fraction of sp³-hybridized carbons (Fsp3) is 0.238. The molecule has 0 saturated carbocycles. The number of ketones is 1. The second-order valence-electron chi connectivity index (χ2n) is 6.04. The molecule has 8 heteroatoms. The van der Waals surface area contributed by atoms with Crippen molar-refractivity contribution in [1.29, 1.82) is 0 Å². The van der Waals surface area contributed by atoms with Gasteiger partial charge in [0.15, 0.2) is 12.4 Å². The standard InChI is InChI=1S/C21H22N2O6/c1-28-17-10-5-9-16(13-17)18(24)14-29-20(26)12-6-11-19(25)22-23-21(27)15-7-3-2-4-8-15/h2-5,7-10,13H,6,11-12,14H2,1H3,(H,22,25)(H,23,27).